The molecule has 2 aliphatic heterocycles. The normalized spacial score (nSPS) is 12.4. The third kappa shape index (κ3) is 25.7. The molecular formula is C101H140FN45O3. The van der Waals surface area contributed by atoms with Gasteiger partial charge in [0.2, 0.25) is 11.8 Å². The highest BCUT2D eigenvalue weighted by molar-refractivity contribution is 6.08. The van der Waals surface area contributed by atoms with Gasteiger partial charge in [0, 0.05) is 115 Å². The molecule has 0 saturated heterocycles. The molecule has 20 aromatic heterocycles. The van der Waals surface area contributed by atoms with E-state index in [1.807, 2.05) is 122 Å². The number of hydrogen-bond acceptors (Lipinski definition) is 36. The van der Waals surface area contributed by atoms with Crippen LogP contribution in [-0.4, -0.2) is 180 Å². The number of halogens is 1. The van der Waals surface area contributed by atoms with Crippen molar-refractivity contribution in [2.75, 3.05) is 57.8 Å². The number of carbonyl (C=O) groups is 1. The van der Waals surface area contributed by atoms with Crippen molar-refractivity contribution < 1.29 is 13.9 Å². The summed E-state index contributed by atoms with van der Waals surface area (Å²) in [5.74, 6) is 5.76. The molecule has 22 heterocycles. The zero-order valence-electron chi connectivity index (χ0n) is 88.5. The fourth-order valence-corrected chi connectivity index (χ4v) is 15.4. The zero-order valence-corrected chi connectivity index (χ0v) is 88.5. The maximum atomic E-state index is 13.5. The molecule has 2 aliphatic rings. The molecule has 1 atom stereocenters. The van der Waals surface area contributed by atoms with E-state index < -0.39 is 6.29 Å². The number of pyridine rings is 3. The number of ketones is 1. The molecule has 49 heteroatoms. The molecule has 0 spiro atoms. The molecule has 0 fully saturated rings. The number of aliphatic imine (C=N–C) groups is 2. The van der Waals surface area contributed by atoms with E-state index in [0.717, 1.165) is 73.0 Å². The van der Waals surface area contributed by atoms with Crippen LogP contribution in [0, 0.1) is 12.7 Å². The fourth-order valence-electron chi connectivity index (χ4n) is 15.4. The first kappa shape index (κ1) is 113. The lowest BCUT2D eigenvalue weighted by atomic mass is 10.1. The number of nitrogens with one attached hydrogen (secondary N) is 2. The molecule has 22 N–H and O–H groups in total. The molecule has 48 nitrogen and oxygen atoms in total. The van der Waals surface area contributed by atoms with Gasteiger partial charge in [0.15, 0.2) is 85.8 Å². The van der Waals surface area contributed by atoms with Gasteiger partial charge in [-0.3, -0.25) is 15.3 Å². The molecule has 0 aromatic carbocycles. The number of nitrogens with two attached hydrogens (primary N) is 10. The molecule has 22 rings (SSSR count). The summed E-state index contributed by atoms with van der Waals surface area (Å²) in [4.78, 5) is 91.8. The van der Waals surface area contributed by atoms with E-state index in [-0.39, 0.29) is 54.7 Å². The largest absolute Gasteiger partial charge is 0.476 e. The average Bonchev–Trinajstić information content (AvgIpc) is 1.64. The third-order valence-electron chi connectivity index (χ3n) is 23.3. The molecule has 0 amide bonds. The van der Waals surface area contributed by atoms with E-state index in [9.17, 15) is 14.0 Å². The minimum Gasteiger partial charge on any atom is -0.476 e. The quantitative estimate of drug-likeness (QED) is 0.0510. The number of H-pyrrole nitrogens is 1. The molecule has 794 valence electrons. The van der Waals surface area contributed by atoms with Gasteiger partial charge in [-0.1, -0.05) is 68.0 Å². The molecule has 0 bridgehead atoms. The first-order valence-electron chi connectivity index (χ1n) is 48.8. The van der Waals surface area contributed by atoms with Crippen molar-refractivity contribution in [2.24, 2.45) is 21.5 Å². The van der Waals surface area contributed by atoms with Crippen LogP contribution >= 0.6 is 0 Å². The summed E-state index contributed by atoms with van der Waals surface area (Å²) >= 11 is 0. The number of nitrogens with zero attached hydrogens (tertiary/aromatic N) is 33. The van der Waals surface area contributed by atoms with E-state index in [2.05, 4.69) is 228 Å². The van der Waals surface area contributed by atoms with Crippen LogP contribution in [0.25, 0.3) is 83.5 Å². The second-order valence-electron chi connectivity index (χ2n) is 37.9. The molecule has 0 saturated carbocycles. The number of fused-ring (bicyclic) bond motifs is 11. The van der Waals surface area contributed by atoms with Gasteiger partial charge in [-0.2, -0.15) is 34.9 Å². The van der Waals surface area contributed by atoms with Gasteiger partial charge in [-0.25, -0.2) is 92.6 Å². The Bertz CT molecular complexity index is 7420. The minimum absolute atomic E-state index is 0. The Labute approximate surface area is 866 Å². The number of aromatic amines is 1. The highest BCUT2D eigenvalue weighted by atomic mass is 19.1. The summed E-state index contributed by atoms with van der Waals surface area (Å²) in [7, 11) is 0. The van der Waals surface area contributed by atoms with E-state index >= 15 is 0 Å². The van der Waals surface area contributed by atoms with Crippen LogP contribution in [0.2, 0.25) is 0 Å². The lowest BCUT2D eigenvalue weighted by Gasteiger charge is -2.20. The van der Waals surface area contributed by atoms with Gasteiger partial charge in [-0.05, 0) is 189 Å². The molecule has 0 radical (unpaired) electrons. The zero-order chi connectivity index (χ0) is 109. The third-order valence-corrected chi connectivity index (χ3v) is 23.3. The number of aromatic nitrogens is 32. The first-order chi connectivity index (χ1) is 70.8. The Kier molecular flexibility index (Phi) is 37.2. The number of nitrogen functional groups attached to an aromatic ring is 8. The molecular weight excluding hydrogens is 1910 g/mol. The number of aryl methyl sites for hydroxylation is 1. The van der Waals surface area contributed by atoms with Crippen LogP contribution < -0.4 is 72.9 Å². The van der Waals surface area contributed by atoms with Crippen LogP contribution in [0.15, 0.2) is 169 Å². The van der Waals surface area contributed by atoms with E-state index in [1.54, 1.807) is 135 Å². The van der Waals surface area contributed by atoms with Crippen molar-refractivity contribution in [3.05, 3.63) is 205 Å². The summed E-state index contributed by atoms with van der Waals surface area (Å²) in [6.45, 7) is 49.7. The second kappa shape index (κ2) is 49.5. The van der Waals surface area contributed by atoms with Gasteiger partial charge >= 0.3 is 0 Å². The van der Waals surface area contributed by atoms with Crippen LogP contribution in [0.5, 0.6) is 5.88 Å². The van der Waals surface area contributed by atoms with E-state index in [1.165, 1.54) is 18.2 Å². The number of imidazole rings is 5. The Hall–Kier alpha value is -17.6. The van der Waals surface area contributed by atoms with Crippen molar-refractivity contribution in [2.45, 2.75) is 252 Å². The molecule has 20 aromatic rings. The van der Waals surface area contributed by atoms with Crippen LogP contribution in [0.3, 0.4) is 0 Å². The summed E-state index contributed by atoms with van der Waals surface area (Å²) in [5, 5.41) is 29.0. The van der Waals surface area contributed by atoms with Crippen molar-refractivity contribution in [3.63, 3.8) is 0 Å². The monoisotopic (exact) mass is 2050 g/mol. The topological polar surface area (TPSA) is 667 Å². The highest BCUT2D eigenvalue weighted by Crippen LogP contribution is 2.33. The number of anilines is 9. The average molecular weight is 2050 g/mol. The first-order valence-corrected chi connectivity index (χ1v) is 48.8. The Morgan fingerprint density at radius 1 is 0.460 bits per heavy atom. The number of ether oxygens (including phenoxy) is 1. The summed E-state index contributed by atoms with van der Waals surface area (Å²) in [6, 6.07) is 18.4. The van der Waals surface area contributed by atoms with Crippen LogP contribution in [0.1, 0.15) is 284 Å². The smallest absolute Gasteiger partial charge is 0.279 e. The fraction of sp³-hybridized carbons (Fsp3) is 0.386. The van der Waals surface area contributed by atoms with Crippen molar-refractivity contribution in [1.29, 1.82) is 0 Å². The lowest BCUT2D eigenvalue weighted by Crippen LogP contribution is -2.34. The second-order valence-corrected chi connectivity index (χ2v) is 37.9. The highest BCUT2D eigenvalue weighted by Gasteiger charge is 2.26. The number of hydrogen-bond donors (Lipinski definition) is 12. The Morgan fingerprint density at radius 3 is 1.63 bits per heavy atom. The van der Waals surface area contributed by atoms with Gasteiger partial charge in [0.25, 0.3) is 5.56 Å². The van der Waals surface area contributed by atoms with Crippen LogP contribution in [-0.2, 0) is 0 Å². The standard InChI is InChI=1S/C10H12FN3.C10H15N5O.C10H13N3.C9H12N4O.4C9H12N4.C9H11N3O.C8H14N6.C8H11N5.CH4/c1-6(2)14-5-7(11)9-8(12)3-4-13-10(9)14;1-4-16-9-7-8(13-10(11)14-9)15(5-12-7)6(2)3;1-7(2)9-3-4-10-8(11)5-6-12-13(9)10;1-5(2)13-4-10-7-8(13)11-6(3)12-9(7)14;1-6(2)7-5-12-13-8(10)3-4-11-9(7)13;1-6(2)13-5-12-8-7(10)3-4-11-9(8)13;1-6(2)13-4-3-7-8(10)11-5-12-9(7)13;1-6(2)8-5-11-9-7(10)3-4-12-13(8)9;1-6(2)12-5-11-8-7(13)3-4-10-9(8)12;1-4(2)5-3-11-14-6(5)12-7(9)13-8(14)10;1-5(2)13-8-7(11-12-13)6(9)3-4-10-8;/h3-6H,1-2H3,(H2,12,13);5-6H,4H2,1-3H3,(H2,11,13,14);3-7H,11H2,1-2H3;4-5H,1-3H3,(H,11,12,14);3-6H,10H2,1-2H3;3-6H,1-2H3,(H2,10,11);3-6H,1-2H3,(H2,10,11,12);3-6H,10H2,1-2H3;4-6H,3H2,1-2H3;3-4,8H,10H2,1-2H3,(H3,9,12,13);3-5H,1-2H3,(H2,9,10);1H4. The van der Waals surface area contributed by atoms with Crippen molar-refractivity contribution >= 4 is 159 Å². The van der Waals surface area contributed by atoms with Crippen molar-refractivity contribution in [3.8, 4) is 5.88 Å². The van der Waals surface area contributed by atoms with Gasteiger partial charge in [0.05, 0.1) is 107 Å². The predicted molar refractivity (Wildman–Crippen MR) is 592 cm³/mol. The van der Waals surface area contributed by atoms with Crippen molar-refractivity contribution in [1.82, 2.24) is 156 Å². The summed E-state index contributed by atoms with van der Waals surface area (Å²) < 4.78 is 39.2. The SMILES string of the molecule is C.CC(C)c1ccc2c(N)ccnn12.CC(C)c1cnc2c(N)ccnn12.CC(C)c1cnn2c(N)ccnc12.CC(C)c1cnn2c1NC(N)=NC2N.CC(C)n1cc(F)c2c(N)ccnc21.CC(C)n1ccc2c(N)ncnc21.CC(C)n1cnc2c(N)ccnc21.CC(C)n1cnc2c1N=CCC2=O.CC(C)n1nnc2c(N)ccnc21.CCOc1nc(N)nc2c1ncn2C(C)C.Cc1nc2c(ncn2C(C)C)c(=O)[nH]1. The number of Topliss-reactive ketones (excluding diaryl/α,β-unsaturated/α-hetero) is 1. The van der Waals surface area contributed by atoms with Crippen LogP contribution in [0.4, 0.5) is 62.0 Å². The Morgan fingerprint density at radius 2 is 1.01 bits per heavy atom. The van der Waals surface area contributed by atoms with Gasteiger partial charge in [0.1, 0.15) is 46.4 Å². The molecule has 1 unspecified atom stereocenters. The number of guanidine groups is 1. The lowest BCUT2D eigenvalue weighted by molar-refractivity contribution is 0.0996. The summed E-state index contributed by atoms with van der Waals surface area (Å²) in [6.07, 6.45) is 28.8. The number of carbonyl (C=O) groups excluding carboxylic acids is 1. The Balaban J connectivity index is 0.000000156. The summed E-state index contributed by atoms with van der Waals surface area (Å²) in [5.41, 5.74) is 74.7. The maximum absolute atomic E-state index is 13.5. The van der Waals surface area contributed by atoms with Gasteiger partial charge < -0.3 is 94.0 Å². The molecule has 0 aliphatic carbocycles. The minimum atomic E-state index is -0.515. The number of rotatable bonds is 13. The molecule has 150 heavy (non-hydrogen) atoms. The maximum Gasteiger partial charge on any atom is 0.279 e. The van der Waals surface area contributed by atoms with E-state index in [0.29, 0.717) is 157 Å². The predicted octanol–water partition coefficient (Wildman–Crippen LogP) is 16.4. The van der Waals surface area contributed by atoms with Gasteiger partial charge in [-0.15, -0.1) is 5.10 Å². The van der Waals surface area contributed by atoms with E-state index in [4.69, 9.17) is 62.1 Å².